The fourth-order valence-corrected chi connectivity index (χ4v) is 8.23. The molecule has 1 N–H and O–H groups in total. The molecule has 0 saturated carbocycles. The van der Waals surface area contributed by atoms with Crippen molar-refractivity contribution in [3.63, 3.8) is 0 Å². The smallest absolute Gasteiger partial charge is 0.311 e. The number of hydrogen-bond acceptors (Lipinski definition) is 6. The van der Waals surface area contributed by atoms with E-state index in [2.05, 4.69) is 0 Å². The summed E-state index contributed by atoms with van der Waals surface area (Å²) >= 11 is 7.96. The molecule has 4 heterocycles. The Morgan fingerprint density at radius 3 is 2.69 bits per heavy atom. The first-order valence-electron chi connectivity index (χ1n) is 12.0. The SMILES string of the molecule is CC(C)C[C@H](CO)N1C(=O)[C@@H]2[C@H]3C(=O)OCC=C[C@H]3S[C@@]23C=CCN(c2ccccc2Cl)C(=O)C13. The highest BCUT2D eigenvalue weighted by atomic mass is 35.5. The number of rotatable bonds is 5. The minimum Gasteiger partial charge on any atom is -0.461 e. The van der Waals surface area contributed by atoms with Crippen LogP contribution < -0.4 is 4.90 Å². The second-order valence-corrected chi connectivity index (χ2v) is 11.8. The van der Waals surface area contributed by atoms with E-state index in [1.54, 1.807) is 34.1 Å². The number of carbonyl (C=O) groups is 3. The summed E-state index contributed by atoms with van der Waals surface area (Å²) in [6.07, 6.45) is 8.11. The Morgan fingerprint density at radius 1 is 1.20 bits per heavy atom. The average molecular weight is 517 g/mol. The lowest BCUT2D eigenvalue weighted by Crippen LogP contribution is -2.57. The zero-order valence-electron chi connectivity index (χ0n) is 19.7. The van der Waals surface area contributed by atoms with E-state index in [0.29, 0.717) is 23.7 Å². The molecule has 1 aromatic carbocycles. The van der Waals surface area contributed by atoms with Crippen molar-refractivity contribution in [3.05, 3.63) is 53.6 Å². The first-order valence-corrected chi connectivity index (χ1v) is 13.2. The van der Waals surface area contributed by atoms with Gasteiger partial charge in [-0.2, -0.15) is 0 Å². The fraction of sp³-hybridized carbons (Fsp3) is 0.500. The summed E-state index contributed by atoms with van der Waals surface area (Å²) in [5.74, 6) is -2.21. The number of halogens is 1. The molecule has 0 bridgehead atoms. The van der Waals surface area contributed by atoms with E-state index in [1.807, 2.05) is 38.1 Å². The summed E-state index contributed by atoms with van der Waals surface area (Å²) in [6.45, 7) is 4.23. The number of ether oxygens (including phenoxy) is 1. The van der Waals surface area contributed by atoms with Crippen molar-refractivity contribution < 1.29 is 24.2 Å². The van der Waals surface area contributed by atoms with E-state index < -0.39 is 34.6 Å². The third kappa shape index (κ3) is 3.81. The molecule has 186 valence electrons. The van der Waals surface area contributed by atoms with Crippen LogP contribution in [0.2, 0.25) is 5.02 Å². The summed E-state index contributed by atoms with van der Waals surface area (Å²) in [5, 5.41) is 10.5. The Morgan fingerprint density at radius 2 is 1.97 bits per heavy atom. The third-order valence-corrected chi connectivity index (χ3v) is 9.41. The summed E-state index contributed by atoms with van der Waals surface area (Å²) in [6, 6.07) is 5.70. The molecule has 4 aliphatic heterocycles. The number of aliphatic hydroxyl groups is 1. The van der Waals surface area contributed by atoms with Gasteiger partial charge in [0.15, 0.2) is 0 Å². The second-order valence-electron chi connectivity index (χ2n) is 9.91. The lowest BCUT2D eigenvalue weighted by molar-refractivity contribution is -0.152. The van der Waals surface area contributed by atoms with Crippen molar-refractivity contribution in [2.75, 3.05) is 24.7 Å². The number of esters is 1. The molecule has 35 heavy (non-hydrogen) atoms. The molecule has 2 fully saturated rings. The van der Waals surface area contributed by atoms with Gasteiger partial charge in [0.1, 0.15) is 12.6 Å². The van der Waals surface area contributed by atoms with E-state index >= 15 is 0 Å². The fourth-order valence-electron chi connectivity index (χ4n) is 6.01. The summed E-state index contributed by atoms with van der Waals surface area (Å²) < 4.78 is 4.45. The van der Waals surface area contributed by atoms with Gasteiger partial charge in [0.25, 0.3) is 5.91 Å². The van der Waals surface area contributed by atoms with Gasteiger partial charge in [-0.15, -0.1) is 11.8 Å². The number of likely N-dealkylation sites (tertiary alicyclic amines) is 1. The molecule has 6 atom stereocenters. The number of amides is 2. The molecule has 9 heteroatoms. The number of anilines is 1. The van der Waals surface area contributed by atoms with E-state index in [1.165, 1.54) is 11.8 Å². The number of carbonyl (C=O) groups excluding carboxylic acids is 3. The van der Waals surface area contributed by atoms with Crippen molar-refractivity contribution in [1.29, 1.82) is 0 Å². The molecular weight excluding hydrogens is 488 g/mol. The number of benzene rings is 1. The van der Waals surface area contributed by atoms with Crippen LogP contribution in [0.15, 0.2) is 48.6 Å². The summed E-state index contributed by atoms with van der Waals surface area (Å²) in [4.78, 5) is 44.7. The molecule has 2 amide bonds. The zero-order chi connectivity index (χ0) is 24.9. The quantitative estimate of drug-likeness (QED) is 0.478. The maximum atomic E-state index is 14.3. The van der Waals surface area contributed by atoms with Gasteiger partial charge in [0.05, 0.1) is 39.9 Å². The van der Waals surface area contributed by atoms with Crippen molar-refractivity contribution in [1.82, 2.24) is 4.90 Å². The molecule has 2 saturated heterocycles. The van der Waals surface area contributed by atoms with Crippen LogP contribution in [0.25, 0.3) is 0 Å². The maximum Gasteiger partial charge on any atom is 0.311 e. The highest BCUT2D eigenvalue weighted by molar-refractivity contribution is 8.02. The van der Waals surface area contributed by atoms with Gasteiger partial charge in [-0.1, -0.05) is 61.9 Å². The Labute approximate surface area is 214 Å². The predicted molar refractivity (Wildman–Crippen MR) is 135 cm³/mol. The van der Waals surface area contributed by atoms with E-state index in [-0.39, 0.29) is 36.2 Å². The molecule has 0 aromatic heterocycles. The monoisotopic (exact) mass is 516 g/mol. The van der Waals surface area contributed by atoms with E-state index in [0.717, 1.165) is 0 Å². The molecule has 0 aliphatic carbocycles. The lowest BCUT2D eigenvalue weighted by Gasteiger charge is -2.39. The van der Waals surface area contributed by atoms with Gasteiger partial charge >= 0.3 is 5.97 Å². The van der Waals surface area contributed by atoms with Crippen LogP contribution >= 0.6 is 23.4 Å². The Hall–Kier alpha value is -2.29. The maximum absolute atomic E-state index is 14.3. The zero-order valence-corrected chi connectivity index (χ0v) is 21.2. The number of para-hydroxylation sites is 1. The number of nitrogens with zero attached hydrogens (tertiary/aromatic N) is 2. The third-order valence-electron chi connectivity index (χ3n) is 7.34. The highest BCUT2D eigenvalue weighted by Gasteiger charge is 2.71. The van der Waals surface area contributed by atoms with E-state index in [4.69, 9.17) is 16.3 Å². The normalized spacial score (nSPS) is 32.8. The number of cyclic esters (lactones) is 1. The van der Waals surface area contributed by atoms with Gasteiger partial charge in [-0.25, -0.2) is 0 Å². The van der Waals surface area contributed by atoms with Crippen molar-refractivity contribution in [2.45, 2.75) is 42.3 Å². The number of fused-ring (bicyclic) bond motifs is 2. The summed E-state index contributed by atoms with van der Waals surface area (Å²) in [7, 11) is 0. The first kappa shape index (κ1) is 24.4. The van der Waals surface area contributed by atoms with E-state index in [9.17, 15) is 19.5 Å². The molecule has 1 spiro atoms. The minimum absolute atomic E-state index is 0.176. The Balaban J connectivity index is 1.66. The lowest BCUT2D eigenvalue weighted by atomic mass is 9.78. The van der Waals surface area contributed by atoms with Crippen LogP contribution in [0.4, 0.5) is 5.69 Å². The number of thioether (sulfide) groups is 1. The van der Waals surface area contributed by atoms with Gasteiger partial charge in [0.2, 0.25) is 5.91 Å². The standard InChI is InChI=1S/C26H29ClN2O5S/c1-15(2)13-16(14-30)29-22-24(32)28(18-8-4-3-7-17(18)27)11-6-10-26(22)21(23(29)31)20-19(35-26)9-5-12-34-25(20)33/h3-10,15-16,19-22,30H,11-14H2,1-2H3/t16-,19-,20+,21+,22?,26+/m1/s1. The molecule has 7 nitrogen and oxygen atoms in total. The molecule has 1 aromatic rings. The first-order chi connectivity index (χ1) is 16.8. The molecule has 1 unspecified atom stereocenters. The van der Waals surface area contributed by atoms with Gasteiger partial charge in [-0.3, -0.25) is 14.4 Å². The van der Waals surface area contributed by atoms with Crippen LogP contribution in [0.1, 0.15) is 20.3 Å². The van der Waals surface area contributed by atoms with Crippen LogP contribution in [-0.4, -0.2) is 69.6 Å². The molecular formula is C26H29ClN2O5S. The largest absolute Gasteiger partial charge is 0.461 e. The van der Waals surface area contributed by atoms with Crippen LogP contribution in [0.5, 0.6) is 0 Å². The number of aliphatic hydroxyl groups excluding tert-OH is 1. The van der Waals surface area contributed by atoms with Gasteiger partial charge in [0, 0.05) is 11.8 Å². The van der Waals surface area contributed by atoms with Crippen LogP contribution in [0.3, 0.4) is 0 Å². The van der Waals surface area contributed by atoms with Gasteiger partial charge in [-0.05, 0) is 24.5 Å². The minimum atomic E-state index is -0.954. The second kappa shape index (κ2) is 9.30. The summed E-state index contributed by atoms with van der Waals surface area (Å²) in [5.41, 5.74) is 0.567. The average Bonchev–Trinajstić information content (AvgIpc) is 3.13. The molecule has 5 rings (SSSR count). The highest BCUT2D eigenvalue weighted by Crippen LogP contribution is 2.61. The number of hydrogen-bond donors (Lipinski definition) is 1. The Kier molecular flexibility index (Phi) is 6.48. The topological polar surface area (TPSA) is 87.2 Å². The van der Waals surface area contributed by atoms with Crippen molar-refractivity contribution >= 4 is 46.8 Å². The Bertz CT molecular complexity index is 1110. The van der Waals surface area contributed by atoms with Crippen molar-refractivity contribution in [3.8, 4) is 0 Å². The van der Waals surface area contributed by atoms with Crippen molar-refractivity contribution in [2.24, 2.45) is 17.8 Å². The van der Waals surface area contributed by atoms with Crippen LogP contribution in [-0.2, 0) is 19.1 Å². The van der Waals surface area contributed by atoms with Crippen LogP contribution in [0, 0.1) is 17.8 Å². The predicted octanol–water partition coefficient (Wildman–Crippen LogP) is 3.06. The van der Waals surface area contributed by atoms with Gasteiger partial charge < -0.3 is 19.6 Å². The molecule has 4 aliphatic rings. The molecule has 0 radical (unpaired) electrons.